The molecule has 3 atom stereocenters. The van der Waals surface area contributed by atoms with E-state index in [1.165, 1.54) is 11.1 Å². The second kappa shape index (κ2) is 4.47. The van der Waals surface area contributed by atoms with Gasteiger partial charge in [0.05, 0.1) is 11.8 Å². The molecule has 0 N–H and O–H groups in total. The predicted octanol–water partition coefficient (Wildman–Crippen LogP) is 2.62. The maximum Gasteiger partial charge on any atom is 0.318 e. The Morgan fingerprint density at radius 1 is 1.47 bits per heavy atom. The van der Waals surface area contributed by atoms with Crippen LogP contribution in [0.25, 0.3) is 0 Å². The third-order valence-electron chi connectivity index (χ3n) is 3.76. The number of rotatable bonds is 2. The quantitative estimate of drug-likeness (QED) is 0.419. The summed E-state index contributed by atoms with van der Waals surface area (Å²) >= 11 is 0. The zero-order chi connectivity index (χ0) is 12.6. The Morgan fingerprint density at radius 2 is 2.18 bits per heavy atom. The number of ether oxygens (including phenoxy) is 1. The average molecular weight is 234 g/mol. The lowest BCUT2D eigenvalue weighted by Gasteiger charge is -2.27. The van der Waals surface area contributed by atoms with Gasteiger partial charge in [0.1, 0.15) is 0 Å². The van der Waals surface area contributed by atoms with Crippen molar-refractivity contribution in [3.05, 3.63) is 23.3 Å². The Hall–Kier alpha value is -1.38. The second-order valence-electron chi connectivity index (χ2n) is 5.09. The summed E-state index contributed by atoms with van der Waals surface area (Å²) in [5.41, 5.74) is 2.43. The second-order valence-corrected chi connectivity index (χ2v) is 5.09. The number of esters is 2. The number of cyclic esters (lactones) is 2. The van der Waals surface area contributed by atoms with Gasteiger partial charge in [-0.05, 0) is 39.5 Å². The molecular formula is C14H18O3. The normalized spacial score (nSPS) is 33.2. The number of allylic oxidation sites excluding steroid dienone is 4. The van der Waals surface area contributed by atoms with Gasteiger partial charge in [-0.2, -0.15) is 0 Å². The Kier molecular flexibility index (Phi) is 3.18. The molecule has 0 saturated carbocycles. The minimum absolute atomic E-state index is 0.115. The van der Waals surface area contributed by atoms with Crippen LogP contribution in [-0.2, 0) is 14.3 Å². The topological polar surface area (TPSA) is 43.4 Å². The number of carbonyl (C=O) groups excluding carboxylic acids is 2. The molecule has 2 rings (SSSR count). The van der Waals surface area contributed by atoms with Gasteiger partial charge in [0, 0.05) is 0 Å². The monoisotopic (exact) mass is 234 g/mol. The molecule has 0 radical (unpaired) electrons. The van der Waals surface area contributed by atoms with E-state index in [0.29, 0.717) is 6.42 Å². The molecular weight excluding hydrogens is 216 g/mol. The molecule has 0 aromatic carbocycles. The molecule has 2 aliphatic rings. The SMILES string of the molecule is C/C=C(\C)CC1C=C(C)CC2C(=O)OC(=O)C12. The van der Waals surface area contributed by atoms with Crippen LogP contribution < -0.4 is 0 Å². The van der Waals surface area contributed by atoms with Gasteiger partial charge in [-0.3, -0.25) is 9.59 Å². The fourth-order valence-electron chi connectivity index (χ4n) is 2.80. The number of hydrogen-bond acceptors (Lipinski definition) is 3. The van der Waals surface area contributed by atoms with Crippen LogP contribution in [0.4, 0.5) is 0 Å². The van der Waals surface area contributed by atoms with E-state index in [-0.39, 0.29) is 29.7 Å². The van der Waals surface area contributed by atoms with E-state index in [2.05, 4.69) is 19.1 Å². The summed E-state index contributed by atoms with van der Waals surface area (Å²) in [6, 6.07) is 0. The maximum atomic E-state index is 11.7. The Morgan fingerprint density at radius 3 is 2.82 bits per heavy atom. The first-order valence-corrected chi connectivity index (χ1v) is 6.07. The standard InChI is InChI=1S/C14H18O3/c1-4-8(2)5-10-6-9(3)7-11-12(10)14(16)17-13(11)15/h4,6,10-12H,5,7H2,1-3H3/b8-4+. The number of fused-ring (bicyclic) bond motifs is 1. The summed E-state index contributed by atoms with van der Waals surface area (Å²) < 4.78 is 4.77. The fourth-order valence-corrected chi connectivity index (χ4v) is 2.80. The van der Waals surface area contributed by atoms with Crippen LogP contribution in [0.5, 0.6) is 0 Å². The minimum Gasteiger partial charge on any atom is -0.393 e. The van der Waals surface area contributed by atoms with Crippen molar-refractivity contribution in [3.63, 3.8) is 0 Å². The highest BCUT2D eigenvalue weighted by Gasteiger charge is 2.49. The van der Waals surface area contributed by atoms with Gasteiger partial charge in [0.25, 0.3) is 0 Å². The summed E-state index contributed by atoms with van der Waals surface area (Å²) in [6.45, 7) is 6.06. The van der Waals surface area contributed by atoms with Gasteiger partial charge in [-0.1, -0.05) is 23.3 Å². The molecule has 0 aromatic rings. The van der Waals surface area contributed by atoms with Gasteiger partial charge in [0.2, 0.25) is 0 Å². The zero-order valence-corrected chi connectivity index (χ0v) is 10.5. The molecule has 1 aliphatic carbocycles. The van der Waals surface area contributed by atoms with E-state index >= 15 is 0 Å². The van der Waals surface area contributed by atoms with Crippen LogP contribution in [0.2, 0.25) is 0 Å². The van der Waals surface area contributed by atoms with Crippen molar-refractivity contribution in [2.24, 2.45) is 17.8 Å². The molecule has 3 unspecified atom stereocenters. The maximum absolute atomic E-state index is 11.7. The van der Waals surface area contributed by atoms with Crippen molar-refractivity contribution < 1.29 is 14.3 Å². The van der Waals surface area contributed by atoms with Crippen molar-refractivity contribution >= 4 is 11.9 Å². The van der Waals surface area contributed by atoms with Crippen molar-refractivity contribution in [2.75, 3.05) is 0 Å². The lowest BCUT2D eigenvalue weighted by atomic mass is 9.72. The lowest BCUT2D eigenvalue weighted by Crippen LogP contribution is -2.29. The van der Waals surface area contributed by atoms with Crippen LogP contribution >= 0.6 is 0 Å². The van der Waals surface area contributed by atoms with Gasteiger partial charge < -0.3 is 4.74 Å². The van der Waals surface area contributed by atoms with E-state index in [1.807, 2.05) is 13.8 Å². The van der Waals surface area contributed by atoms with Gasteiger partial charge in [-0.15, -0.1) is 0 Å². The molecule has 1 heterocycles. The van der Waals surface area contributed by atoms with E-state index in [9.17, 15) is 9.59 Å². The first-order valence-electron chi connectivity index (χ1n) is 6.07. The van der Waals surface area contributed by atoms with Gasteiger partial charge in [0.15, 0.2) is 0 Å². The summed E-state index contributed by atoms with van der Waals surface area (Å²) in [5.74, 6) is -1.07. The summed E-state index contributed by atoms with van der Waals surface area (Å²) in [5, 5.41) is 0. The number of carbonyl (C=O) groups is 2. The summed E-state index contributed by atoms with van der Waals surface area (Å²) in [6.07, 6.45) is 5.68. The van der Waals surface area contributed by atoms with Crippen LogP contribution in [0.3, 0.4) is 0 Å². The Balaban J connectivity index is 2.27. The van der Waals surface area contributed by atoms with E-state index in [0.717, 1.165) is 6.42 Å². The minimum atomic E-state index is -0.337. The highest BCUT2D eigenvalue weighted by Crippen LogP contribution is 2.42. The molecule has 0 bridgehead atoms. The van der Waals surface area contributed by atoms with E-state index < -0.39 is 0 Å². The predicted molar refractivity (Wildman–Crippen MR) is 64.0 cm³/mol. The van der Waals surface area contributed by atoms with Crippen LogP contribution in [-0.4, -0.2) is 11.9 Å². The van der Waals surface area contributed by atoms with Crippen molar-refractivity contribution in [2.45, 2.75) is 33.6 Å². The van der Waals surface area contributed by atoms with Crippen molar-refractivity contribution in [3.8, 4) is 0 Å². The molecule has 92 valence electrons. The van der Waals surface area contributed by atoms with Crippen molar-refractivity contribution in [1.82, 2.24) is 0 Å². The van der Waals surface area contributed by atoms with Crippen molar-refractivity contribution in [1.29, 1.82) is 0 Å². The molecule has 3 nitrogen and oxygen atoms in total. The molecule has 0 amide bonds. The highest BCUT2D eigenvalue weighted by atomic mass is 16.6. The molecule has 3 heteroatoms. The highest BCUT2D eigenvalue weighted by molar-refractivity contribution is 5.97. The fraction of sp³-hybridized carbons (Fsp3) is 0.571. The van der Waals surface area contributed by atoms with Crippen LogP contribution in [0.1, 0.15) is 33.6 Å². The smallest absolute Gasteiger partial charge is 0.318 e. The Bertz CT molecular complexity index is 417. The lowest BCUT2D eigenvalue weighted by molar-refractivity contribution is -0.154. The van der Waals surface area contributed by atoms with Gasteiger partial charge in [-0.25, -0.2) is 0 Å². The average Bonchev–Trinajstić information content (AvgIpc) is 2.54. The van der Waals surface area contributed by atoms with E-state index in [1.54, 1.807) is 0 Å². The molecule has 1 aliphatic heterocycles. The zero-order valence-electron chi connectivity index (χ0n) is 10.5. The first-order chi connectivity index (χ1) is 8.02. The summed E-state index contributed by atoms with van der Waals surface area (Å²) in [7, 11) is 0. The number of hydrogen-bond donors (Lipinski definition) is 0. The summed E-state index contributed by atoms with van der Waals surface area (Å²) in [4.78, 5) is 23.3. The largest absolute Gasteiger partial charge is 0.393 e. The molecule has 17 heavy (non-hydrogen) atoms. The van der Waals surface area contributed by atoms with Crippen LogP contribution in [0, 0.1) is 17.8 Å². The molecule has 1 fully saturated rings. The molecule has 1 saturated heterocycles. The van der Waals surface area contributed by atoms with E-state index in [4.69, 9.17) is 4.74 Å². The van der Waals surface area contributed by atoms with Crippen LogP contribution in [0.15, 0.2) is 23.3 Å². The Labute approximate surface area is 102 Å². The third kappa shape index (κ3) is 2.19. The first kappa shape index (κ1) is 12.1. The third-order valence-corrected chi connectivity index (χ3v) is 3.76. The molecule has 0 spiro atoms. The molecule has 0 aromatic heterocycles. The van der Waals surface area contributed by atoms with Gasteiger partial charge >= 0.3 is 11.9 Å².